The highest BCUT2D eigenvalue weighted by atomic mass is 16.5. The number of fused-ring (bicyclic) bond motifs is 1. The van der Waals surface area contributed by atoms with Crippen molar-refractivity contribution < 1.29 is 4.74 Å². The third kappa shape index (κ3) is 4.11. The van der Waals surface area contributed by atoms with Crippen LogP contribution in [0.1, 0.15) is 31.4 Å². The average Bonchev–Trinajstić information content (AvgIpc) is 2.77. The summed E-state index contributed by atoms with van der Waals surface area (Å²) in [5, 5.41) is 9.03. The van der Waals surface area contributed by atoms with E-state index in [4.69, 9.17) is 10.00 Å². The normalized spacial score (nSPS) is 26.5. The second-order valence-electron chi connectivity index (χ2n) is 7.09. The summed E-state index contributed by atoms with van der Waals surface area (Å²) in [6.45, 7) is 10.7. The van der Waals surface area contributed by atoms with Gasteiger partial charge in [-0.25, -0.2) is 0 Å². The van der Waals surface area contributed by atoms with E-state index in [1.54, 1.807) is 0 Å². The highest BCUT2D eigenvalue weighted by molar-refractivity contribution is 5.32. The zero-order chi connectivity index (χ0) is 16.2. The number of hydrogen-bond acceptors (Lipinski definition) is 4. The maximum absolute atomic E-state index is 9.03. The van der Waals surface area contributed by atoms with Crippen molar-refractivity contribution in [2.45, 2.75) is 39.0 Å². The van der Waals surface area contributed by atoms with Crippen LogP contribution in [0.3, 0.4) is 0 Å². The topological polar surface area (TPSA) is 39.5 Å². The molecule has 0 spiro atoms. The van der Waals surface area contributed by atoms with Gasteiger partial charge in [-0.1, -0.05) is 12.1 Å². The van der Waals surface area contributed by atoms with Crippen LogP contribution in [0, 0.1) is 17.2 Å². The lowest BCUT2D eigenvalue weighted by Crippen LogP contribution is -2.47. The number of likely N-dealkylation sites (tertiary alicyclic amines) is 1. The Morgan fingerprint density at radius 1 is 1.30 bits per heavy atom. The van der Waals surface area contributed by atoms with Crippen LogP contribution in [0.25, 0.3) is 0 Å². The van der Waals surface area contributed by atoms with Crippen LogP contribution in [0.4, 0.5) is 0 Å². The van der Waals surface area contributed by atoms with Crippen molar-refractivity contribution in [3.8, 4) is 6.07 Å². The summed E-state index contributed by atoms with van der Waals surface area (Å²) in [5.74, 6) is 0.654. The molecule has 4 heteroatoms. The summed E-state index contributed by atoms with van der Waals surface area (Å²) in [6.07, 6.45) is 1.55. The molecule has 2 aliphatic rings. The molecule has 1 aromatic rings. The molecule has 3 rings (SSSR count). The van der Waals surface area contributed by atoms with E-state index >= 15 is 0 Å². The van der Waals surface area contributed by atoms with Gasteiger partial charge in [-0.05, 0) is 44.5 Å². The molecule has 0 aliphatic carbocycles. The van der Waals surface area contributed by atoms with Crippen molar-refractivity contribution >= 4 is 0 Å². The van der Waals surface area contributed by atoms with Gasteiger partial charge in [-0.3, -0.25) is 9.80 Å². The van der Waals surface area contributed by atoms with E-state index in [-0.39, 0.29) is 0 Å². The molecular weight excluding hydrogens is 286 g/mol. The van der Waals surface area contributed by atoms with Crippen LogP contribution in [0.5, 0.6) is 0 Å². The first kappa shape index (κ1) is 16.4. The fourth-order valence-corrected chi connectivity index (χ4v) is 3.75. The molecule has 2 heterocycles. The number of ether oxygens (including phenoxy) is 1. The van der Waals surface area contributed by atoms with E-state index in [2.05, 4.69) is 35.8 Å². The van der Waals surface area contributed by atoms with Gasteiger partial charge in [0.25, 0.3) is 0 Å². The summed E-state index contributed by atoms with van der Waals surface area (Å²) in [4.78, 5) is 5.03. The molecule has 1 aromatic carbocycles. The summed E-state index contributed by atoms with van der Waals surface area (Å²) >= 11 is 0. The zero-order valence-electron chi connectivity index (χ0n) is 14.2. The van der Waals surface area contributed by atoms with Crippen LogP contribution in [0.2, 0.25) is 0 Å². The van der Waals surface area contributed by atoms with Gasteiger partial charge >= 0.3 is 0 Å². The Hall–Kier alpha value is -1.41. The van der Waals surface area contributed by atoms with Crippen molar-refractivity contribution in [1.82, 2.24) is 9.80 Å². The predicted octanol–water partition coefficient (Wildman–Crippen LogP) is 2.49. The fraction of sp³-hybridized carbons (Fsp3) is 0.632. The minimum atomic E-state index is 0.353. The van der Waals surface area contributed by atoms with Gasteiger partial charge in [0.1, 0.15) is 0 Å². The molecule has 0 saturated carbocycles. The lowest BCUT2D eigenvalue weighted by Gasteiger charge is -2.38. The maximum atomic E-state index is 9.03. The van der Waals surface area contributed by atoms with Crippen molar-refractivity contribution in [1.29, 1.82) is 5.26 Å². The molecule has 23 heavy (non-hydrogen) atoms. The first-order valence-electron chi connectivity index (χ1n) is 8.73. The van der Waals surface area contributed by atoms with Crippen LogP contribution < -0.4 is 0 Å². The molecule has 0 aromatic heterocycles. The number of piperidine rings is 1. The van der Waals surface area contributed by atoms with Crippen molar-refractivity contribution in [3.05, 3.63) is 35.4 Å². The quantitative estimate of drug-likeness (QED) is 0.859. The molecule has 4 nitrogen and oxygen atoms in total. The lowest BCUT2D eigenvalue weighted by atomic mass is 9.92. The molecule has 2 fully saturated rings. The van der Waals surface area contributed by atoms with Gasteiger partial charge in [0.05, 0.1) is 24.3 Å². The summed E-state index contributed by atoms with van der Waals surface area (Å²) in [7, 11) is 0. The van der Waals surface area contributed by atoms with E-state index in [9.17, 15) is 0 Å². The molecular formula is C19H27N3O. The van der Waals surface area contributed by atoms with Crippen molar-refractivity contribution in [2.75, 3.05) is 32.8 Å². The second kappa shape index (κ2) is 7.44. The molecule has 0 bridgehead atoms. The third-order valence-corrected chi connectivity index (χ3v) is 5.15. The predicted molar refractivity (Wildman–Crippen MR) is 91.0 cm³/mol. The number of rotatable bonds is 3. The smallest absolute Gasteiger partial charge is 0.0991 e. The molecule has 2 saturated heterocycles. The summed E-state index contributed by atoms with van der Waals surface area (Å²) in [5.41, 5.74) is 1.97. The third-order valence-electron chi connectivity index (χ3n) is 5.15. The highest BCUT2D eigenvalue weighted by Crippen LogP contribution is 2.26. The molecule has 124 valence electrons. The van der Waals surface area contributed by atoms with Crippen molar-refractivity contribution in [3.63, 3.8) is 0 Å². The largest absolute Gasteiger partial charge is 0.375 e. The van der Waals surface area contributed by atoms with E-state index in [1.165, 1.54) is 18.5 Å². The van der Waals surface area contributed by atoms with E-state index in [0.717, 1.165) is 38.3 Å². The Labute approximate surface area is 139 Å². The molecule has 2 atom stereocenters. The molecule has 0 unspecified atom stereocenters. The molecule has 0 amide bonds. The molecule has 0 N–H and O–H groups in total. The minimum Gasteiger partial charge on any atom is -0.375 e. The number of nitrogens with zero attached hydrogens (tertiary/aromatic N) is 3. The van der Waals surface area contributed by atoms with E-state index in [0.29, 0.717) is 18.1 Å². The van der Waals surface area contributed by atoms with Gasteiger partial charge in [0.15, 0.2) is 0 Å². The highest BCUT2D eigenvalue weighted by Gasteiger charge is 2.33. The monoisotopic (exact) mass is 313 g/mol. The molecule has 2 aliphatic heterocycles. The Bertz CT molecular complexity index is 566. The summed E-state index contributed by atoms with van der Waals surface area (Å²) < 4.78 is 6.16. The minimum absolute atomic E-state index is 0.353. The van der Waals surface area contributed by atoms with Crippen LogP contribution in [-0.2, 0) is 11.3 Å². The number of hydrogen-bond donors (Lipinski definition) is 0. The van der Waals surface area contributed by atoms with E-state index < -0.39 is 0 Å². The lowest BCUT2D eigenvalue weighted by molar-refractivity contribution is -0.0242. The Morgan fingerprint density at radius 3 is 2.96 bits per heavy atom. The first-order valence-corrected chi connectivity index (χ1v) is 8.73. The Kier molecular flexibility index (Phi) is 5.32. The summed E-state index contributed by atoms with van der Waals surface area (Å²) in [6, 6.07) is 10.8. The van der Waals surface area contributed by atoms with Crippen LogP contribution >= 0.6 is 0 Å². The fourth-order valence-electron chi connectivity index (χ4n) is 3.75. The number of nitriles is 1. The van der Waals surface area contributed by atoms with Gasteiger partial charge in [0, 0.05) is 38.1 Å². The maximum Gasteiger partial charge on any atom is 0.0991 e. The van der Waals surface area contributed by atoms with Gasteiger partial charge in [-0.2, -0.15) is 5.26 Å². The van der Waals surface area contributed by atoms with Gasteiger partial charge in [0.2, 0.25) is 0 Å². The second-order valence-corrected chi connectivity index (χ2v) is 7.09. The van der Waals surface area contributed by atoms with Gasteiger partial charge in [-0.15, -0.1) is 0 Å². The van der Waals surface area contributed by atoms with Gasteiger partial charge < -0.3 is 4.74 Å². The standard InChI is InChI=1S/C19H27N3O/c1-15(2)22-8-9-23-19-14-21(7-6-18(19)13-22)12-17-5-3-4-16(10-17)11-20/h3-5,10,15,18-19H,6-9,12-14H2,1-2H3/t18-,19-/m1/s1. The first-order chi connectivity index (χ1) is 11.2. The van der Waals surface area contributed by atoms with Crippen LogP contribution in [0.15, 0.2) is 24.3 Å². The number of benzene rings is 1. The van der Waals surface area contributed by atoms with Crippen molar-refractivity contribution in [2.24, 2.45) is 5.92 Å². The Morgan fingerprint density at radius 2 is 2.17 bits per heavy atom. The SMILES string of the molecule is CC(C)N1CCO[C@@H]2CN(Cc3cccc(C#N)c3)CC[C@@H]2C1. The Balaban J connectivity index is 1.60. The van der Waals surface area contributed by atoms with E-state index in [1.807, 2.05) is 18.2 Å². The average molecular weight is 313 g/mol. The zero-order valence-corrected chi connectivity index (χ0v) is 14.2. The van der Waals surface area contributed by atoms with Crippen LogP contribution in [-0.4, -0.2) is 54.7 Å². The molecule has 0 radical (unpaired) electrons.